The minimum Gasteiger partial charge on any atom is -0.492 e. The summed E-state index contributed by atoms with van der Waals surface area (Å²) in [4.78, 5) is 2.49. The third kappa shape index (κ3) is 2.73. The van der Waals surface area contributed by atoms with Crippen LogP contribution in [0.5, 0.6) is 5.75 Å². The van der Waals surface area contributed by atoms with Gasteiger partial charge in [-0.3, -0.25) is 4.90 Å². The van der Waals surface area contributed by atoms with Crippen LogP contribution in [0.15, 0.2) is 42.6 Å². The van der Waals surface area contributed by atoms with Crippen molar-refractivity contribution in [3.05, 3.63) is 53.9 Å². The maximum atomic E-state index is 5.83. The highest BCUT2D eigenvalue weighted by molar-refractivity contribution is 5.26. The van der Waals surface area contributed by atoms with Gasteiger partial charge in [-0.1, -0.05) is 17.7 Å². The van der Waals surface area contributed by atoms with Crippen molar-refractivity contribution in [2.24, 2.45) is 0 Å². The molecule has 0 bridgehead atoms. The smallest absolute Gasteiger partial charge is 0.119 e. The Morgan fingerprint density at radius 1 is 1.15 bits per heavy atom. The molecule has 0 fully saturated rings. The summed E-state index contributed by atoms with van der Waals surface area (Å²) in [6.45, 7) is 8.26. The summed E-state index contributed by atoms with van der Waals surface area (Å²) in [5.41, 5.74) is 2.68. The van der Waals surface area contributed by atoms with Crippen molar-refractivity contribution < 1.29 is 4.74 Å². The zero-order valence-corrected chi connectivity index (χ0v) is 12.2. The predicted octanol–water partition coefficient (Wildman–Crippen LogP) is 3.25. The first kappa shape index (κ1) is 13.3. The molecule has 2 aromatic rings. The van der Waals surface area contributed by atoms with Crippen molar-refractivity contribution in [1.82, 2.24) is 9.47 Å². The lowest BCUT2D eigenvalue weighted by atomic mass is 10.1. The van der Waals surface area contributed by atoms with Crippen LogP contribution in [0.2, 0.25) is 0 Å². The second-order valence-electron chi connectivity index (χ2n) is 5.50. The molecule has 3 nitrogen and oxygen atoms in total. The van der Waals surface area contributed by atoms with E-state index in [1.165, 1.54) is 11.3 Å². The highest BCUT2D eigenvalue weighted by Crippen LogP contribution is 2.24. The van der Waals surface area contributed by atoms with E-state index in [4.69, 9.17) is 4.74 Å². The van der Waals surface area contributed by atoms with Gasteiger partial charge in [-0.05, 0) is 38.1 Å². The Morgan fingerprint density at radius 2 is 1.95 bits per heavy atom. The van der Waals surface area contributed by atoms with E-state index < -0.39 is 0 Å². The molecule has 3 rings (SSSR count). The van der Waals surface area contributed by atoms with Gasteiger partial charge in [0.2, 0.25) is 0 Å². The lowest BCUT2D eigenvalue weighted by Crippen LogP contribution is -2.38. The molecule has 0 radical (unpaired) electrons. The van der Waals surface area contributed by atoms with Crippen LogP contribution < -0.4 is 4.74 Å². The lowest BCUT2D eigenvalue weighted by Gasteiger charge is -2.34. The number of benzene rings is 1. The van der Waals surface area contributed by atoms with Crippen molar-refractivity contribution in [2.75, 3.05) is 19.7 Å². The first-order valence-corrected chi connectivity index (χ1v) is 7.32. The molecular weight excluding hydrogens is 248 g/mol. The van der Waals surface area contributed by atoms with Gasteiger partial charge in [0, 0.05) is 37.6 Å². The Balaban J connectivity index is 1.53. The normalized spacial score (nSPS) is 18.8. The fraction of sp³-hybridized carbons (Fsp3) is 0.412. The average Bonchev–Trinajstić information content (AvgIpc) is 2.93. The van der Waals surface area contributed by atoms with Gasteiger partial charge < -0.3 is 9.30 Å². The third-order valence-corrected chi connectivity index (χ3v) is 4.14. The zero-order chi connectivity index (χ0) is 13.9. The quantitative estimate of drug-likeness (QED) is 0.848. The van der Waals surface area contributed by atoms with E-state index in [0.717, 1.165) is 32.0 Å². The maximum Gasteiger partial charge on any atom is 0.119 e. The van der Waals surface area contributed by atoms with Crippen molar-refractivity contribution in [2.45, 2.75) is 26.4 Å². The Morgan fingerprint density at radius 3 is 2.75 bits per heavy atom. The zero-order valence-electron chi connectivity index (χ0n) is 12.2. The fourth-order valence-electron chi connectivity index (χ4n) is 2.85. The SMILES string of the molecule is Cc1ccc(OCCN2CCn3cccc3[C@H]2C)cc1. The third-order valence-electron chi connectivity index (χ3n) is 4.14. The molecule has 0 saturated carbocycles. The second kappa shape index (κ2) is 5.71. The van der Waals surface area contributed by atoms with E-state index in [1.807, 2.05) is 12.1 Å². The summed E-state index contributed by atoms with van der Waals surface area (Å²) in [5.74, 6) is 0.962. The van der Waals surface area contributed by atoms with Crippen molar-refractivity contribution in [3.8, 4) is 5.75 Å². The van der Waals surface area contributed by atoms with E-state index >= 15 is 0 Å². The first-order valence-electron chi connectivity index (χ1n) is 7.32. The Labute approximate surface area is 120 Å². The number of hydrogen-bond donors (Lipinski definition) is 0. The van der Waals surface area contributed by atoms with E-state index in [-0.39, 0.29) is 0 Å². The Bertz CT molecular complexity index is 559. The summed E-state index contributed by atoms with van der Waals surface area (Å²) in [6.07, 6.45) is 2.17. The molecule has 0 amide bonds. The van der Waals surface area contributed by atoms with Crippen molar-refractivity contribution in [3.63, 3.8) is 0 Å². The fourth-order valence-corrected chi connectivity index (χ4v) is 2.85. The molecule has 1 aliphatic rings. The molecule has 1 aliphatic heterocycles. The summed E-state index contributed by atoms with van der Waals surface area (Å²) < 4.78 is 8.18. The van der Waals surface area contributed by atoms with Crippen LogP contribution in [0.4, 0.5) is 0 Å². The summed E-state index contributed by atoms with van der Waals surface area (Å²) in [7, 11) is 0. The van der Waals surface area contributed by atoms with Gasteiger partial charge in [0.25, 0.3) is 0 Å². The molecule has 3 heteroatoms. The van der Waals surface area contributed by atoms with E-state index in [1.54, 1.807) is 0 Å². The Hall–Kier alpha value is -1.74. The van der Waals surface area contributed by atoms with E-state index in [9.17, 15) is 0 Å². The molecule has 1 aromatic carbocycles. The van der Waals surface area contributed by atoms with Crippen LogP contribution in [0.1, 0.15) is 24.2 Å². The standard InChI is InChI=1S/C17H22N2O/c1-14-5-7-16(8-6-14)20-13-12-18-10-11-19-9-3-4-17(19)15(18)2/h3-9,15H,10-13H2,1-2H3/t15-/m1/s1. The number of aryl methyl sites for hydroxylation is 1. The topological polar surface area (TPSA) is 17.4 Å². The Kier molecular flexibility index (Phi) is 3.79. The van der Waals surface area contributed by atoms with Gasteiger partial charge in [0.05, 0.1) is 0 Å². The number of fused-ring (bicyclic) bond motifs is 1. The number of ether oxygens (including phenoxy) is 1. The monoisotopic (exact) mass is 270 g/mol. The highest BCUT2D eigenvalue weighted by atomic mass is 16.5. The van der Waals surface area contributed by atoms with Gasteiger partial charge in [0.15, 0.2) is 0 Å². The van der Waals surface area contributed by atoms with E-state index in [2.05, 4.69) is 53.8 Å². The number of aromatic nitrogens is 1. The van der Waals surface area contributed by atoms with Crippen LogP contribution in [0.25, 0.3) is 0 Å². The molecule has 0 saturated heterocycles. The lowest BCUT2D eigenvalue weighted by molar-refractivity contribution is 0.139. The number of hydrogen-bond acceptors (Lipinski definition) is 2. The molecule has 0 unspecified atom stereocenters. The molecule has 0 spiro atoms. The molecule has 0 N–H and O–H groups in total. The van der Waals surface area contributed by atoms with Crippen LogP contribution >= 0.6 is 0 Å². The first-order chi connectivity index (χ1) is 9.74. The van der Waals surface area contributed by atoms with Gasteiger partial charge in [0.1, 0.15) is 12.4 Å². The molecule has 106 valence electrons. The number of nitrogens with zero attached hydrogens (tertiary/aromatic N) is 2. The van der Waals surface area contributed by atoms with E-state index in [0.29, 0.717) is 6.04 Å². The molecule has 20 heavy (non-hydrogen) atoms. The van der Waals surface area contributed by atoms with Crippen LogP contribution in [-0.4, -0.2) is 29.2 Å². The minimum absolute atomic E-state index is 0.473. The van der Waals surface area contributed by atoms with Crippen molar-refractivity contribution in [1.29, 1.82) is 0 Å². The molecule has 1 aromatic heterocycles. The van der Waals surface area contributed by atoms with Crippen LogP contribution in [0.3, 0.4) is 0 Å². The van der Waals surface area contributed by atoms with Gasteiger partial charge in [-0.2, -0.15) is 0 Å². The minimum atomic E-state index is 0.473. The summed E-state index contributed by atoms with van der Waals surface area (Å²) in [6, 6.07) is 13.1. The highest BCUT2D eigenvalue weighted by Gasteiger charge is 2.22. The molecular formula is C17H22N2O. The summed E-state index contributed by atoms with van der Waals surface area (Å²) in [5, 5.41) is 0. The molecule has 2 heterocycles. The second-order valence-corrected chi connectivity index (χ2v) is 5.50. The van der Waals surface area contributed by atoms with Crippen LogP contribution in [0, 0.1) is 6.92 Å². The van der Waals surface area contributed by atoms with Gasteiger partial charge >= 0.3 is 0 Å². The number of rotatable bonds is 4. The maximum absolute atomic E-state index is 5.83. The largest absolute Gasteiger partial charge is 0.492 e. The molecule has 1 atom stereocenters. The van der Waals surface area contributed by atoms with Gasteiger partial charge in [-0.25, -0.2) is 0 Å². The molecule has 0 aliphatic carbocycles. The summed E-state index contributed by atoms with van der Waals surface area (Å²) >= 11 is 0. The van der Waals surface area contributed by atoms with Gasteiger partial charge in [-0.15, -0.1) is 0 Å². The average molecular weight is 270 g/mol. The van der Waals surface area contributed by atoms with Crippen molar-refractivity contribution >= 4 is 0 Å². The van der Waals surface area contributed by atoms with Crippen LogP contribution in [-0.2, 0) is 6.54 Å². The predicted molar refractivity (Wildman–Crippen MR) is 81.1 cm³/mol.